The monoisotopic (exact) mass is 205 g/mol. The molecule has 0 radical (unpaired) electrons. The Balaban J connectivity index is 2.09. The number of hydrogen-bond acceptors (Lipinski definition) is 2. The van der Waals surface area contributed by atoms with Crippen molar-refractivity contribution in [2.24, 2.45) is 5.73 Å². The van der Waals surface area contributed by atoms with Crippen molar-refractivity contribution in [2.45, 2.75) is 31.8 Å². The van der Waals surface area contributed by atoms with Crippen molar-refractivity contribution < 1.29 is 4.74 Å². The summed E-state index contributed by atoms with van der Waals surface area (Å²) >= 11 is 0. The van der Waals surface area contributed by atoms with Gasteiger partial charge in [-0.15, -0.1) is 0 Å². The highest BCUT2D eigenvalue weighted by Gasteiger charge is 2.17. The van der Waals surface area contributed by atoms with E-state index in [0.29, 0.717) is 18.6 Å². The maximum absolute atomic E-state index is 5.64. The van der Waals surface area contributed by atoms with Crippen LogP contribution < -0.4 is 5.73 Å². The van der Waals surface area contributed by atoms with Crippen molar-refractivity contribution in [3.05, 3.63) is 35.4 Å². The summed E-state index contributed by atoms with van der Waals surface area (Å²) < 4.78 is 5.64. The van der Waals surface area contributed by atoms with Gasteiger partial charge in [-0.3, -0.25) is 0 Å². The average molecular weight is 205 g/mol. The van der Waals surface area contributed by atoms with Crippen LogP contribution in [0.4, 0.5) is 0 Å². The second-order valence-corrected chi connectivity index (χ2v) is 4.31. The molecule has 15 heavy (non-hydrogen) atoms. The summed E-state index contributed by atoms with van der Waals surface area (Å²) in [6.45, 7) is 3.77. The first-order valence-corrected chi connectivity index (χ1v) is 5.73. The molecule has 0 saturated carbocycles. The van der Waals surface area contributed by atoms with Crippen molar-refractivity contribution in [3.63, 3.8) is 0 Å². The van der Waals surface area contributed by atoms with E-state index in [-0.39, 0.29) is 0 Å². The van der Waals surface area contributed by atoms with E-state index in [2.05, 4.69) is 31.2 Å². The standard InChI is InChI=1S/C13H19NO/c1-10(9-14)11-4-6-12(7-5-11)13-3-2-8-15-13/h4-7,10,13H,2-3,8-9,14H2,1H3. The Hall–Kier alpha value is -0.860. The number of hydrogen-bond donors (Lipinski definition) is 1. The molecule has 2 heteroatoms. The fraction of sp³-hybridized carbons (Fsp3) is 0.538. The lowest BCUT2D eigenvalue weighted by atomic mass is 9.98. The van der Waals surface area contributed by atoms with E-state index in [9.17, 15) is 0 Å². The Bertz CT molecular complexity index is 301. The molecule has 2 rings (SSSR count). The molecule has 1 fully saturated rings. The fourth-order valence-corrected chi connectivity index (χ4v) is 2.02. The summed E-state index contributed by atoms with van der Waals surface area (Å²) in [6.07, 6.45) is 2.67. The van der Waals surface area contributed by atoms with Crippen molar-refractivity contribution in [3.8, 4) is 0 Å². The molecule has 0 aromatic heterocycles. The second-order valence-electron chi connectivity index (χ2n) is 4.31. The minimum Gasteiger partial charge on any atom is -0.374 e. The van der Waals surface area contributed by atoms with Crippen LogP contribution >= 0.6 is 0 Å². The molecule has 0 spiro atoms. The third kappa shape index (κ3) is 2.39. The van der Waals surface area contributed by atoms with E-state index >= 15 is 0 Å². The summed E-state index contributed by atoms with van der Waals surface area (Å²) in [7, 11) is 0. The van der Waals surface area contributed by atoms with Crippen molar-refractivity contribution >= 4 is 0 Å². The molecular formula is C13H19NO. The van der Waals surface area contributed by atoms with Crippen molar-refractivity contribution in [2.75, 3.05) is 13.2 Å². The van der Waals surface area contributed by atoms with Crippen LogP contribution in [0.15, 0.2) is 24.3 Å². The molecule has 1 aromatic rings. The average Bonchev–Trinajstić information content (AvgIpc) is 2.82. The van der Waals surface area contributed by atoms with Crippen LogP contribution in [0.25, 0.3) is 0 Å². The molecule has 0 amide bonds. The van der Waals surface area contributed by atoms with Gasteiger partial charge in [0.05, 0.1) is 6.10 Å². The number of rotatable bonds is 3. The van der Waals surface area contributed by atoms with Gasteiger partial charge in [-0.05, 0) is 36.4 Å². The molecule has 0 bridgehead atoms. The Kier molecular flexibility index (Phi) is 3.39. The van der Waals surface area contributed by atoms with E-state index < -0.39 is 0 Å². The molecule has 0 aliphatic carbocycles. The Labute approximate surface area is 91.4 Å². The zero-order valence-corrected chi connectivity index (χ0v) is 9.28. The van der Waals surface area contributed by atoms with E-state index in [1.807, 2.05) is 0 Å². The molecular weight excluding hydrogens is 186 g/mol. The lowest BCUT2D eigenvalue weighted by molar-refractivity contribution is 0.112. The van der Waals surface area contributed by atoms with Crippen molar-refractivity contribution in [1.29, 1.82) is 0 Å². The van der Waals surface area contributed by atoms with Gasteiger partial charge in [-0.25, -0.2) is 0 Å². The van der Waals surface area contributed by atoms with Gasteiger partial charge in [-0.1, -0.05) is 31.2 Å². The Morgan fingerprint density at radius 3 is 2.67 bits per heavy atom. The van der Waals surface area contributed by atoms with Crippen LogP contribution in [0.2, 0.25) is 0 Å². The largest absolute Gasteiger partial charge is 0.374 e. The van der Waals surface area contributed by atoms with E-state index in [4.69, 9.17) is 10.5 Å². The van der Waals surface area contributed by atoms with Gasteiger partial charge in [0, 0.05) is 6.61 Å². The molecule has 2 nitrogen and oxygen atoms in total. The third-order valence-corrected chi connectivity index (χ3v) is 3.16. The molecule has 1 aliphatic heterocycles. The lowest BCUT2D eigenvalue weighted by Crippen LogP contribution is -2.08. The maximum Gasteiger partial charge on any atom is 0.0825 e. The van der Waals surface area contributed by atoms with Crippen LogP contribution in [0.3, 0.4) is 0 Å². The zero-order chi connectivity index (χ0) is 10.7. The van der Waals surface area contributed by atoms with Crippen LogP contribution in [-0.4, -0.2) is 13.2 Å². The van der Waals surface area contributed by atoms with Gasteiger partial charge in [0.15, 0.2) is 0 Å². The van der Waals surface area contributed by atoms with Gasteiger partial charge in [-0.2, -0.15) is 0 Å². The van der Waals surface area contributed by atoms with Crippen molar-refractivity contribution in [1.82, 2.24) is 0 Å². The number of ether oxygens (including phenoxy) is 1. The topological polar surface area (TPSA) is 35.2 Å². The summed E-state index contributed by atoms with van der Waals surface area (Å²) in [5.41, 5.74) is 8.26. The summed E-state index contributed by atoms with van der Waals surface area (Å²) in [5.74, 6) is 0.448. The smallest absolute Gasteiger partial charge is 0.0825 e. The summed E-state index contributed by atoms with van der Waals surface area (Å²) in [4.78, 5) is 0. The lowest BCUT2D eigenvalue weighted by Gasteiger charge is -2.12. The second kappa shape index (κ2) is 4.77. The van der Waals surface area contributed by atoms with Gasteiger partial charge in [0.25, 0.3) is 0 Å². The minimum atomic E-state index is 0.326. The number of nitrogens with two attached hydrogens (primary N) is 1. The number of benzene rings is 1. The molecule has 1 heterocycles. The third-order valence-electron chi connectivity index (χ3n) is 3.16. The summed E-state index contributed by atoms with van der Waals surface area (Å²) in [6, 6.07) is 8.71. The predicted molar refractivity (Wildman–Crippen MR) is 61.8 cm³/mol. The van der Waals surface area contributed by atoms with Crippen LogP contribution in [0.1, 0.15) is 42.9 Å². The van der Waals surface area contributed by atoms with Gasteiger partial charge < -0.3 is 10.5 Å². The van der Waals surface area contributed by atoms with E-state index in [1.165, 1.54) is 17.5 Å². The van der Waals surface area contributed by atoms with E-state index in [1.54, 1.807) is 0 Å². The Morgan fingerprint density at radius 2 is 2.13 bits per heavy atom. The predicted octanol–water partition coefficient (Wildman–Crippen LogP) is 2.60. The first-order valence-electron chi connectivity index (χ1n) is 5.73. The molecule has 1 aromatic carbocycles. The highest BCUT2D eigenvalue weighted by atomic mass is 16.5. The highest BCUT2D eigenvalue weighted by molar-refractivity contribution is 5.27. The Morgan fingerprint density at radius 1 is 1.40 bits per heavy atom. The van der Waals surface area contributed by atoms with Crippen LogP contribution in [-0.2, 0) is 4.74 Å². The molecule has 2 unspecified atom stereocenters. The SMILES string of the molecule is CC(CN)c1ccc(C2CCCO2)cc1. The summed E-state index contributed by atoms with van der Waals surface area (Å²) in [5, 5.41) is 0. The highest BCUT2D eigenvalue weighted by Crippen LogP contribution is 2.29. The van der Waals surface area contributed by atoms with Gasteiger partial charge >= 0.3 is 0 Å². The molecule has 1 saturated heterocycles. The molecule has 82 valence electrons. The fourth-order valence-electron chi connectivity index (χ4n) is 2.02. The minimum absolute atomic E-state index is 0.326. The first-order chi connectivity index (χ1) is 7.31. The normalized spacial score (nSPS) is 22.9. The maximum atomic E-state index is 5.64. The van der Waals surface area contributed by atoms with Crippen LogP contribution in [0, 0.1) is 0 Å². The van der Waals surface area contributed by atoms with Gasteiger partial charge in [0.1, 0.15) is 0 Å². The molecule has 1 aliphatic rings. The molecule has 2 N–H and O–H groups in total. The van der Waals surface area contributed by atoms with Crippen LogP contribution in [0.5, 0.6) is 0 Å². The molecule has 2 atom stereocenters. The zero-order valence-electron chi connectivity index (χ0n) is 9.28. The first kappa shape index (κ1) is 10.7. The van der Waals surface area contributed by atoms with E-state index in [0.717, 1.165) is 13.0 Å². The van der Waals surface area contributed by atoms with Gasteiger partial charge in [0.2, 0.25) is 0 Å². The quantitative estimate of drug-likeness (QED) is 0.823.